The number of rotatable bonds is 2. The highest BCUT2D eigenvalue weighted by Crippen LogP contribution is 2.42. The summed E-state index contributed by atoms with van der Waals surface area (Å²) in [5.41, 5.74) is 2.61. The average molecular weight is 290 g/mol. The van der Waals surface area contributed by atoms with Crippen LogP contribution in [0.25, 0.3) is 9.69 Å². The molecular weight excluding hydrogens is 272 g/mol. The molecule has 0 heterocycles. The van der Waals surface area contributed by atoms with Crippen LogP contribution in [0.4, 0.5) is 0 Å². The third kappa shape index (κ3) is 3.25. The maximum absolute atomic E-state index is 9.21. The highest BCUT2D eigenvalue weighted by molar-refractivity contribution is 5.55. The highest BCUT2D eigenvalue weighted by atomic mass is 14.7. The fourth-order valence-electron chi connectivity index (χ4n) is 2.71. The summed E-state index contributed by atoms with van der Waals surface area (Å²) >= 11 is 0. The van der Waals surface area contributed by atoms with Crippen LogP contribution in [0.15, 0.2) is 34.2 Å². The van der Waals surface area contributed by atoms with Gasteiger partial charge >= 0.3 is 0 Å². The molecule has 0 bridgehead atoms. The van der Waals surface area contributed by atoms with Crippen LogP contribution >= 0.6 is 0 Å². The molecule has 22 heavy (non-hydrogen) atoms. The van der Waals surface area contributed by atoms with Crippen molar-refractivity contribution in [2.24, 2.45) is 17.8 Å². The Morgan fingerprint density at radius 3 is 2.05 bits per heavy atom. The van der Waals surface area contributed by atoms with Gasteiger partial charge in [-0.15, -0.1) is 0 Å². The van der Waals surface area contributed by atoms with Gasteiger partial charge in [-0.3, -0.25) is 0 Å². The lowest BCUT2D eigenvalue weighted by Crippen LogP contribution is -2.20. The van der Waals surface area contributed by atoms with Crippen LogP contribution in [0, 0.1) is 53.6 Å². The third-order valence-electron chi connectivity index (χ3n) is 3.90. The minimum atomic E-state index is -0.0219. The standard InChI is InChI=1S/C18H18N4/c1-11(2)13-7-16(18(10-20)22-6)14(12(3)4)8-15(13)17(9-19)21-5/h7,11-12,14H,8H2,1-4H3/b17-15+,18-16-. The molecule has 0 spiro atoms. The van der Waals surface area contributed by atoms with Gasteiger partial charge in [-0.2, -0.15) is 0 Å². The fraction of sp³-hybridized carbons (Fsp3) is 0.444. The molecule has 0 radical (unpaired) electrons. The second kappa shape index (κ2) is 7.26. The monoisotopic (exact) mass is 290 g/mol. The van der Waals surface area contributed by atoms with E-state index in [1.54, 1.807) is 0 Å². The Balaban J connectivity index is 3.74. The van der Waals surface area contributed by atoms with E-state index < -0.39 is 0 Å². The van der Waals surface area contributed by atoms with Gasteiger partial charge < -0.3 is 0 Å². The van der Waals surface area contributed by atoms with Crippen LogP contribution in [-0.4, -0.2) is 0 Å². The van der Waals surface area contributed by atoms with Gasteiger partial charge in [-0.25, -0.2) is 20.2 Å². The number of hydrogen-bond acceptors (Lipinski definition) is 2. The van der Waals surface area contributed by atoms with Crippen molar-refractivity contribution in [3.05, 3.63) is 57.0 Å². The molecule has 0 aliphatic heterocycles. The van der Waals surface area contributed by atoms with E-state index in [1.165, 1.54) is 0 Å². The molecule has 0 amide bonds. The summed E-state index contributed by atoms with van der Waals surface area (Å²) in [4.78, 5) is 6.70. The Hall–Kier alpha value is -2.82. The van der Waals surface area contributed by atoms with Crippen molar-refractivity contribution in [1.29, 1.82) is 10.5 Å². The molecule has 110 valence electrons. The van der Waals surface area contributed by atoms with Crippen LogP contribution in [0.1, 0.15) is 34.1 Å². The summed E-state index contributed by atoms with van der Waals surface area (Å²) in [6.07, 6.45) is 2.39. The van der Waals surface area contributed by atoms with E-state index in [4.69, 9.17) is 13.1 Å². The maximum atomic E-state index is 9.21. The van der Waals surface area contributed by atoms with E-state index in [0.717, 1.165) is 16.7 Å². The van der Waals surface area contributed by atoms with Crippen molar-refractivity contribution < 1.29 is 0 Å². The minimum Gasteiger partial charge on any atom is -0.226 e. The van der Waals surface area contributed by atoms with Gasteiger partial charge in [-0.1, -0.05) is 39.3 Å². The molecule has 0 N–H and O–H groups in total. The number of nitriles is 2. The van der Waals surface area contributed by atoms with Gasteiger partial charge in [-0.05, 0) is 35.3 Å². The zero-order valence-corrected chi connectivity index (χ0v) is 13.3. The average Bonchev–Trinajstić information content (AvgIpc) is 2.49. The summed E-state index contributed by atoms with van der Waals surface area (Å²) < 4.78 is 0. The van der Waals surface area contributed by atoms with Crippen LogP contribution in [0.2, 0.25) is 0 Å². The summed E-state index contributed by atoms with van der Waals surface area (Å²) in [6, 6.07) is 3.96. The van der Waals surface area contributed by atoms with Crippen LogP contribution < -0.4 is 0 Å². The molecule has 0 fully saturated rings. The number of nitrogens with zero attached hydrogens (tertiary/aromatic N) is 4. The quantitative estimate of drug-likeness (QED) is 0.549. The van der Waals surface area contributed by atoms with Crippen LogP contribution in [0.3, 0.4) is 0 Å². The largest absolute Gasteiger partial charge is 0.265 e. The van der Waals surface area contributed by atoms with Gasteiger partial charge in [0.2, 0.25) is 0 Å². The van der Waals surface area contributed by atoms with Gasteiger partial charge in [0, 0.05) is 0 Å². The van der Waals surface area contributed by atoms with Gasteiger partial charge in [0.1, 0.15) is 0 Å². The molecule has 1 aliphatic rings. The highest BCUT2D eigenvalue weighted by Gasteiger charge is 2.30. The second-order valence-corrected chi connectivity index (χ2v) is 5.89. The third-order valence-corrected chi connectivity index (χ3v) is 3.90. The van der Waals surface area contributed by atoms with Crippen molar-refractivity contribution in [1.82, 2.24) is 0 Å². The molecule has 0 saturated heterocycles. The first-order valence-corrected chi connectivity index (χ1v) is 7.15. The topological polar surface area (TPSA) is 56.3 Å². The van der Waals surface area contributed by atoms with E-state index in [0.29, 0.717) is 6.42 Å². The van der Waals surface area contributed by atoms with Crippen molar-refractivity contribution in [3.8, 4) is 12.1 Å². The molecule has 0 aromatic heterocycles. The minimum absolute atomic E-state index is 0.0219. The lowest BCUT2D eigenvalue weighted by Gasteiger charge is -2.32. The van der Waals surface area contributed by atoms with Crippen LogP contribution in [-0.2, 0) is 0 Å². The molecule has 0 saturated carbocycles. The van der Waals surface area contributed by atoms with Gasteiger partial charge in [0.05, 0.1) is 25.3 Å². The van der Waals surface area contributed by atoms with E-state index >= 15 is 0 Å². The number of allylic oxidation sites excluding steroid dienone is 6. The molecule has 1 unspecified atom stereocenters. The lowest BCUT2D eigenvalue weighted by atomic mass is 9.73. The molecular formula is C18H18N4. The van der Waals surface area contributed by atoms with Gasteiger partial charge in [0.25, 0.3) is 11.4 Å². The predicted molar refractivity (Wildman–Crippen MR) is 84.3 cm³/mol. The molecule has 0 aromatic carbocycles. The molecule has 4 heteroatoms. The predicted octanol–water partition coefficient (Wildman–Crippen LogP) is 4.64. The first kappa shape index (κ1) is 17.2. The molecule has 1 aliphatic carbocycles. The van der Waals surface area contributed by atoms with Crippen molar-refractivity contribution in [2.45, 2.75) is 34.1 Å². The summed E-state index contributed by atoms with van der Waals surface area (Å²) in [5, 5.41) is 18.4. The molecule has 4 nitrogen and oxygen atoms in total. The van der Waals surface area contributed by atoms with Crippen LogP contribution in [0.5, 0.6) is 0 Å². The summed E-state index contributed by atoms with van der Waals surface area (Å²) in [7, 11) is 0. The Morgan fingerprint density at radius 2 is 1.68 bits per heavy atom. The summed E-state index contributed by atoms with van der Waals surface area (Å²) in [6.45, 7) is 22.5. The van der Waals surface area contributed by atoms with Crippen molar-refractivity contribution in [2.75, 3.05) is 0 Å². The normalized spacial score (nSPS) is 22.1. The Kier molecular flexibility index (Phi) is 5.69. The molecule has 1 rings (SSSR count). The first-order valence-electron chi connectivity index (χ1n) is 7.15. The zero-order valence-electron chi connectivity index (χ0n) is 13.3. The van der Waals surface area contributed by atoms with Crippen molar-refractivity contribution >= 4 is 0 Å². The van der Waals surface area contributed by atoms with Crippen molar-refractivity contribution in [3.63, 3.8) is 0 Å². The fourth-order valence-corrected chi connectivity index (χ4v) is 2.71. The Bertz CT molecular complexity index is 687. The van der Waals surface area contributed by atoms with E-state index in [2.05, 4.69) is 9.69 Å². The Labute approximate surface area is 132 Å². The second-order valence-electron chi connectivity index (χ2n) is 5.89. The Morgan fingerprint density at radius 1 is 1.14 bits per heavy atom. The van der Waals surface area contributed by atoms with E-state index in [1.807, 2.05) is 45.9 Å². The molecule has 0 aromatic rings. The molecule has 1 atom stereocenters. The summed E-state index contributed by atoms with van der Waals surface area (Å²) in [5.74, 6) is 0.311. The van der Waals surface area contributed by atoms with Gasteiger partial charge in [0.15, 0.2) is 0 Å². The number of hydrogen-bond donors (Lipinski definition) is 0. The lowest BCUT2D eigenvalue weighted by molar-refractivity contribution is 0.435. The van der Waals surface area contributed by atoms with E-state index in [9.17, 15) is 10.5 Å². The zero-order chi connectivity index (χ0) is 16.9. The first-order chi connectivity index (χ1) is 10.4. The SMILES string of the molecule is [C-]#[N+]/C(C#N)=C1\CC(C(C)C)/C(=C(/C#N)[N+]#[C-])C=C1C(C)C. The van der Waals surface area contributed by atoms with E-state index in [-0.39, 0.29) is 29.1 Å². The smallest absolute Gasteiger partial charge is 0.226 e. The maximum Gasteiger partial charge on any atom is 0.265 e.